The zero-order valence-corrected chi connectivity index (χ0v) is 21.2. The van der Waals surface area contributed by atoms with Gasteiger partial charge in [0.25, 0.3) is 11.8 Å². The Kier molecular flexibility index (Phi) is 6.16. The van der Waals surface area contributed by atoms with Gasteiger partial charge in [-0.3, -0.25) is 9.59 Å². The lowest BCUT2D eigenvalue weighted by atomic mass is 9.83. The summed E-state index contributed by atoms with van der Waals surface area (Å²) in [4.78, 5) is 28.5. The van der Waals surface area contributed by atoms with E-state index in [1.54, 1.807) is 19.2 Å². The number of fused-ring (bicyclic) bond motifs is 1. The van der Waals surface area contributed by atoms with Crippen molar-refractivity contribution in [2.45, 2.75) is 32.7 Å². The van der Waals surface area contributed by atoms with E-state index in [4.69, 9.17) is 14.6 Å². The molecule has 1 saturated heterocycles. The summed E-state index contributed by atoms with van der Waals surface area (Å²) in [5.41, 5.74) is 1.47. The monoisotopic (exact) mass is 485 g/mol. The fraction of sp³-hybridized carbons (Fsp3) is 0.345. The van der Waals surface area contributed by atoms with Crippen LogP contribution >= 0.6 is 0 Å². The lowest BCUT2D eigenvalue weighted by molar-refractivity contribution is -0.137. The SMILES string of the molecule is COc1ccc(C2=NN(C3CCN(C(=O)c4ccc5ccccc5c4)CC3)C(=O)C2(C)C)cc1OC. The molecule has 1 fully saturated rings. The van der Waals surface area contributed by atoms with Gasteiger partial charge in [0.15, 0.2) is 11.5 Å². The van der Waals surface area contributed by atoms with Crippen LogP contribution in [0.1, 0.15) is 42.6 Å². The summed E-state index contributed by atoms with van der Waals surface area (Å²) in [7, 11) is 3.19. The number of carbonyl (C=O) groups excluding carboxylic acids is 2. The number of rotatable bonds is 5. The van der Waals surface area contributed by atoms with Crippen molar-refractivity contribution in [3.63, 3.8) is 0 Å². The number of benzene rings is 3. The van der Waals surface area contributed by atoms with Gasteiger partial charge in [-0.2, -0.15) is 5.10 Å². The van der Waals surface area contributed by atoms with E-state index in [-0.39, 0.29) is 17.9 Å². The minimum Gasteiger partial charge on any atom is -0.493 e. The maximum atomic E-state index is 13.4. The van der Waals surface area contributed by atoms with Gasteiger partial charge >= 0.3 is 0 Å². The van der Waals surface area contributed by atoms with E-state index in [0.717, 1.165) is 16.3 Å². The molecule has 5 rings (SSSR count). The van der Waals surface area contributed by atoms with Crippen LogP contribution in [0, 0.1) is 5.41 Å². The number of ether oxygens (including phenoxy) is 2. The predicted octanol–water partition coefficient (Wildman–Crippen LogP) is 4.73. The molecule has 0 aliphatic carbocycles. The maximum Gasteiger partial charge on any atom is 0.254 e. The Hall–Kier alpha value is -3.87. The van der Waals surface area contributed by atoms with Crippen molar-refractivity contribution in [3.05, 3.63) is 71.8 Å². The second-order valence-corrected chi connectivity index (χ2v) is 9.88. The van der Waals surface area contributed by atoms with E-state index in [9.17, 15) is 9.59 Å². The Morgan fingerprint density at radius 1 is 0.917 bits per heavy atom. The lowest BCUT2D eigenvalue weighted by Crippen LogP contribution is -2.47. The normalized spacial score (nSPS) is 17.9. The summed E-state index contributed by atoms with van der Waals surface area (Å²) in [6, 6.07) is 19.4. The van der Waals surface area contributed by atoms with E-state index in [1.165, 1.54) is 0 Å². The van der Waals surface area contributed by atoms with Gasteiger partial charge < -0.3 is 14.4 Å². The first kappa shape index (κ1) is 23.9. The molecule has 0 saturated carbocycles. The second-order valence-electron chi connectivity index (χ2n) is 9.88. The fourth-order valence-electron chi connectivity index (χ4n) is 5.13. The van der Waals surface area contributed by atoms with Gasteiger partial charge in [0.2, 0.25) is 0 Å². The van der Waals surface area contributed by atoms with Crippen molar-refractivity contribution in [1.29, 1.82) is 0 Å². The molecule has 2 aliphatic rings. The van der Waals surface area contributed by atoms with Crippen molar-refractivity contribution in [1.82, 2.24) is 9.91 Å². The fourth-order valence-corrected chi connectivity index (χ4v) is 5.13. The largest absolute Gasteiger partial charge is 0.493 e. The summed E-state index contributed by atoms with van der Waals surface area (Å²) in [6.07, 6.45) is 1.37. The molecular formula is C29H31N3O4. The second kappa shape index (κ2) is 9.30. The van der Waals surface area contributed by atoms with Gasteiger partial charge in [0.05, 0.1) is 31.4 Å². The Bertz CT molecular complexity index is 1360. The van der Waals surface area contributed by atoms with Gasteiger partial charge in [0.1, 0.15) is 0 Å². The molecule has 3 aromatic rings. The van der Waals surface area contributed by atoms with Crippen LogP contribution in [-0.2, 0) is 4.79 Å². The number of hydrogen-bond donors (Lipinski definition) is 0. The molecule has 2 amide bonds. The average Bonchev–Trinajstić information content (AvgIpc) is 3.16. The Morgan fingerprint density at radius 3 is 2.31 bits per heavy atom. The van der Waals surface area contributed by atoms with E-state index >= 15 is 0 Å². The van der Waals surface area contributed by atoms with Crippen LogP contribution in [0.5, 0.6) is 11.5 Å². The summed E-state index contributed by atoms with van der Waals surface area (Å²) >= 11 is 0. The topological polar surface area (TPSA) is 71.4 Å². The quantitative estimate of drug-likeness (QED) is 0.524. The highest BCUT2D eigenvalue weighted by atomic mass is 16.5. The van der Waals surface area contributed by atoms with Crippen LogP contribution in [-0.4, -0.2) is 60.8 Å². The molecule has 2 heterocycles. The third-order valence-electron chi connectivity index (χ3n) is 7.29. The van der Waals surface area contributed by atoms with E-state index in [2.05, 4.69) is 0 Å². The first-order valence-corrected chi connectivity index (χ1v) is 12.3. The summed E-state index contributed by atoms with van der Waals surface area (Å²) < 4.78 is 10.8. The van der Waals surface area contributed by atoms with Crippen LogP contribution in [0.2, 0.25) is 0 Å². The molecule has 36 heavy (non-hydrogen) atoms. The number of nitrogens with zero attached hydrogens (tertiary/aromatic N) is 3. The average molecular weight is 486 g/mol. The molecule has 7 nitrogen and oxygen atoms in total. The van der Waals surface area contributed by atoms with Gasteiger partial charge in [-0.15, -0.1) is 0 Å². The number of carbonyl (C=O) groups is 2. The minimum absolute atomic E-state index is 0.0217. The van der Waals surface area contributed by atoms with Crippen molar-refractivity contribution >= 4 is 28.3 Å². The third-order valence-corrected chi connectivity index (χ3v) is 7.29. The molecule has 7 heteroatoms. The van der Waals surface area contributed by atoms with Crippen LogP contribution in [0.15, 0.2) is 65.8 Å². The molecule has 3 aromatic carbocycles. The molecule has 0 radical (unpaired) electrons. The summed E-state index contributed by atoms with van der Waals surface area (Å²) in [6.45, 7) is 4.98. The number of methoxy groups -OCH3 is 2. The number of piperidine rings is 1. The number of hydrazone groups is 1. The number of likely N-dealkylation sites (tertiary alicyclic amines) is 1. The zero-order chi connectivity index (χ0) is 25.4. The van der Waals surface area contributed by atoms with Crippen molar-refractivity contribution in [2.75, 3.05) is 27.3 Å². The van der Waals surface area contributed by atoms with Gasteiger partial charge in [-0.25, -0.2) is 5.01 Å². The third kappa shape index (κ3) is 4.08. The molecule has 0 N–H and O–H groups in total. The van der Waals surface area contributed by atoms with Crippen LogP contribution in [0.3, 0.4) is 0 Å². The van der Waals surface area contributed by atoms with E-state index < -0.39 is 5.41 Å². The van der Waals surface area contributed by atoms with E-state index in [1.807, 2.05) is 79.4 Å². The molecule has 0 atom stereocenters. The maximum absolute atomic E-state index is 13.4. The highest BCUT2D eigenvalue weighted by molar-refractivity contribution is 6.19. The zero-order valence-electron chi connectivity index (χ0n) is 21.2. The molecule has 0 spiro atoms. The summed E-state index contributed by atoms with van der Waals surface area (Å²) in [5.74, 6) is 1.23. The van der Waals surface area contributed by atoms with Gasteiger partial charge in [-0.1, -0.05) is 30.3 Å². The van der Waals surface area contributed by atoms with Crippen LogP contribution < -0.4 is 9.47 Å². The van der Waals surface area contributed by atoms with Crippen LogP contribution in [0.4, 0.5) is 0 Å². The van der Waals surface area contributed by atoms with E-state index in [0.29, 0.717) is 48.7 Å². The molecule has 0 aromatic heterocycles. The minimum atomic E-state index is -0.766. The van der Waals surface area contributed by atoms with Crippen molar-refractivity contribution in [2.24, 2.45) is 10.5 Å². The van der Waals surface area contributed by atoms with Crippen molar-refractivity contribution < 1.29 is 19.1 Å². The van der Waals surface area contributed by atoms with Gasteiger partial charge in [0, 0.05) is 24.2 Å². The smallest absolute Gasteiger partial charge is 0.254 e. The van der Waals surface area contributed by atoms with Gasteiger partial charge in [-0.05, 0) is 67.8 Å². The Morgan fingerprint density at radius 2 is 1.61 bits per heavy atom. The first-order chi connectivity index (χ1) is 17.3. The predicted molar refractivity (Wildman–Crippen MR) is 140 cm³/mol. The van der Waals surface area contributed by atoms with Crippen LogP contribution in [0.25, 0.3) is 10.8 Å². The molecule has 0 bridgehead atoms. The number of amides is 2. The Labute approximate surface area is 211 Å². The first-order valence-electron chi connectivity index (χ1n) is 12.3. The number of hydrogen-bond acceptors (Lipinski definition) is 5. The molecule has 186 valence electrons. The lowest BCUT2D eigenvalue weighted by Gasteiger charge is -2.35. The Balaban J connectivity index is 1.32. The highest BCUT2D eigenvalue weighted by Gasteiger charge is 2.47. The molecular weight excluding hydrogens is 454 g/mol. The van der Waals surface area contributed by atoms with Crippen molar-refractivity contribution in [3.8, 4) is 11.5 Å². The highest BCUT2D eigenvalue weighted by Crippen LogP contribution is 2.37. The molecule has 2 aliphatic heterocycles. The standard InChI is InChI=1S/C29H31N3O4/c1-29(2)26(21-11-12-24(35-3)25(18-21)36-4)30-32(28(29)34)23-13-15-31(16-14-23)27(33)22-10-9-19-7-5-6-8-20(19)17-22/h5-12,17-18,23H,13-16H2,1-4H3. The summed E-state index contributed by atoms with van der Waals surface area (Å²) in [5, 5.41) is 8.62. The molecule has 0 unspecified atom stereocenters.